The number of fused-ring (bicyclic) bond motifs is 1. The van der Waals surface area contributed by atoms with Gasteiger partial charge in [-0.2, -0.15) is 5.10 Å². The van der Waals surface area contributed by atoms with Crippen LogP contribution in [0.3, 0.4) is 0 Å². The molecule has 12 heavy (non-hydrogen) atoms. The molecule has 0 unspecified atom stereocenters. The Morgan fingerprint density at radius 3 is 2.83 bits per heavy atom. The van der Waals surface area contributed by atoms with Gasteiger partial charge in [-0.3, -0.25) is 0 Å². The Bertz CT molecular complexity index is 221. The van der Waals surface area contributed by atoms with Gasteiger partial charge < -0.3 is 4.74 Å². The predicted molar refractivity (Wildman–Crippen MR) is 45.8 cm³/mol. The number of aryl methyl sites for hydroxylation is 1. The van der Waals surface area contributed by atoms with Gasteiger partial charge in [0, 0.05) is 0 Å². The summed E-state index contributed by atoms with van der Waals surface area (Å²) in [5.74, 6) is 1.78. The lowest BCUT2D eigenvalue weighted by Gasteiger charge is -2.11. The lowest BCUT2D eigenvalue weighted by molar-refractivity contribution is 0.0769. The van der Waals surface area contributed by atoms with E-state index in [1.165, 1.54) is 0 Å². The van der Waals surface area contributed by atoms with Crippen LogP contribution >= 0.6 is 0 Å². The summed E-state index contributed by atoms with van der Waals surface area (Å²) in [6, 6.07) is 0. The Labute approximate surface area is 72.6 Å². The number of ether oxygens (including phenoxy) is 1. The summed E-state index contributed by atoms with van der Waals surface area (Å²) in [6.45, 7) is 8.11. The van der Waals surface area contributed by atoms with Crippen LogP contribution in [0.25, 0.3) is 0 Å². The Morgan fingerprint density at radius 1 is 1.42 bits per heavy atom. The number of rotatable bonds is 0. The minimum atomic E-state index is 0.612. The van der Waals surface area contributed by atoms with Crippen molar-refractivity contribution in [3.63, 3.8) is 0 Å². The first kappa shape index (κ1) is 9.19. The Hall–Kier alpha value is -0.900. The molecule has 2 rings (SSSR count). The lowest BCUT2D eigenvalue weighted by atomic mass is 10.5. The van der Waals surface area contributed by atoms with Crippen LogP contribution in [0.4, 0.5) is 0 Å². The molecule has 0 aromatic carbocycles. The highest BCUT2D eigenvalue weighted by atomic mass is 16.5. The summed E-state index contributed by atoms with van der Waals surface area (Å²) in [4.78, 5) is 4.18. The van der Waals surface area contributed by atoms with Crippen LogP contribution in [0, 0.1) is 6.92 Å². The minimum absolute atomic E-state index is 0.612. The molecular weight excluding hydrogens is 154 g/mol. The molecule has 1 aromatic rings. The van der Waals surface area contributed by atoms with Crippen molar-refractivity contribution in [2.75, 3.05) is 6.61 Å². The van der Waals surface area contributed by atoms with Crippen LogP contribution in [0.5, 0.6) is 0 Å². The Balaban J connectivity index is 0.000000336. The SMILES string of the molecule is CC.Cc1nc2n(n1)CCOC2. The van der Waals surface area contributed by atoms with E-state index in [4.69, 9.17) is 4.74 Å². The van der Waals surface area contributed by atoms with E-state index in [1.54, 1.807) is 0 Å². The predicted octanol–water partition coefficient (Wildman–Crippen LogP) is 1.14. The van der Waals surface area contributed by atoms with E-state index in [0.717, 1.165) is 24.8 Å². The highest BCUT2D eigenvalue weighted by Crippen LogP contribution is 2.04. The average Bonchev–Trinajstić information content (AvgIpc) is 2.48. The molecule has 2 heterocycles. The molecule has 0 aliphatic carbocycles. The van der Waals surface area contributed by atoms with Crippen LogP contribution < -0.4 is 0 Å². The molecule has 0 bridgehead atoms. The maximum absolute atomic E-state index is 5.19. The minimum Gasteiger partial charge on any atom is -0.372 e. The van der Waals surface area contributed by atoms with E-state index in [0.29, 0.717) is 6.61 Å². The molecule has 4 nitrogen and oxygen atoms in total. The maximum Gasteiger partial charge on any atom is 0.153 e. The van der Waals surface area contributed by atoms with E-state index in [9.17, 15) is 0 Å². The Morgan fingerprint density at radius 2 is 2.17 bits per heavy atom. The zero-order valence-electron chi connectivity index (χ0n) is 7.87. The second-order valence-electron chi connectivity index (χ2n) is 2.35. The summed E-state index contributed by atoms with van der Waals surface area (Å²) in [5.41, 5.74) is 0. The summed E-state index contributed by atoms with van der Waals surface area (Å²) < 4.78 is 7.09. The van der Waals surface area contributed by atoms with Crippen molar-refractivity contribution in [2.45, 2.75) is 33.9 Å². The molecule has 0 N–H and O–H groups in total. The standard InChI is InChI=1S/C6H9N3O.C2H6/c1-5-7-6-4-10-3-2-9(6)8-5;1-2/h2-4H2,1H3;1-2H3. The van der Waals surface area contributed by atoms with Crippen LogP contribution in [0.1, 0.15) is 25.5 Å². The zero-order valence-corrected chi connectivity index (χ0v) is 7.87. The van der Waals surface area contributed by atoms with Crippen LogP contribution in [0.15, 0.2) is 0 Å². The largest absolute Gasteiger partial charge is 0.372 e. The normalized spacial score (nSPS) is 14.6. The second-order valence-corrected chi connectivity index (χ2v) is 2.35. The van der Waals surface area contributed by atoms with Crippen LogP contribution in [0.2, 0.25) is 0 Å². The Kier molecular flexibility index (Phi) is 3.22. The van der Waals surface area contributed by atoms with Crippen molar-refractivity contribution in [3.8, 4) is 0 Å². The van der Waals surface area contributed by atoms with E-state index < -0.39 is 0 Å². The van der Waals surface area contributed by atoms with Crippen molar-refractivity contribution >= 4 is 0 Å². The molecular formula is C8H15N3O. The van der Waals surface area contributed by atoms with Crippen LogP contribution in [-0.4, -0.2) is 21.4 Å². The van der Waals surface area contributed by atoms with Crippen molar-refractivity contribution in [3.05, 3.63) is 11.6 Å². The van der Waals surface area contributed by atoms with E-state index in [1.807, 2.05) is 25.5 Å². The molecule has 0 saturated carbocycles. The molecule has 1 aliphatic rings. The van der Waals surface area contributed by atoms with Gasteiger partial charge in [0.1, 0.15) is 12.4 Å². The van der Waals surface area contributed by atoms with Gasteiger partial charge in [0.05, 0.1) is 13.2 Å². The lowest BCUT2D eigenvalue weighted by Crippen LogP contribution is -2.17. The summed E-state index contributed by atoms with van der Waals surface area (Å²) in [7, 11) is 0. The average molecular weight is 169 g/mol. The molecule has 68 valence electrons. The second kappa shape index (κ2) is 4.21. The van der Waals surface area contributed by atoms with E-state index >= 15 is 0 Å². The number of hydrogen-bond donors (Lipinski definition) is 0. The van der Waals surface area contributed by atoms with Gasteiger partial charge >= 0.3 is 0 Å². The highest BCUT2D eigenvalue weighted by molar-refractivity contribution is 4.90. The molecule has 0 fully saturated rings. The van der Waals surface area contributed by atoms with E-state index in [2.05, 4.69) is 10.1 Å². The van der Waals surface area contributed by atoms with Crippen molar-refractivity contribution in [1.82, 2.24) is 14.8 Å². The summed E-state index contributed by atoms with van der Waals surface area (Å²) in [5, 5.41) is 4.18. The monoisotopic (exact) mass is 169 g/mol. The molecule has 4 heteroatoms. The van der Waals surface area contributed by atoms with Crippen molar-refractivity contribution in [2.24, 2.45) is 0 Å². The molecule has 0 atom stereocenters. The van der Waals surface area contributed by atoms with Gasteiger partial charge in [0.15, 0.2) is 5.82 Å². The first-order valence-electron chi connectivity index (χ1n) is 4.34. The van der Waals surface area contributed by atoms with Gasteiger partial charge in [-0.1, -0.05) is 13.8 Å². The number of hydrogen-bond acceptors (Lipinski definition) is 3. The number of nitrogens with zero attached hydrogens (tertiary/aromatic N) is 3. The third-order valence-corrected chi connectivity index (χ3v) is 1.53. The summed E-state index contributed by atoms with van der Waals surface area (Å²) >= 11 is 0. The zero-order chi connectivity index (χ0) is 8.97. The topological polar surface area (TPSA) is 39.9 Å². The third kappa shape index (κ3) is 1.82. The number of aromatic nitrogens is 3. The highest BCUT2D eigenvalue weighted by Gasteiger charge is 2.11. The van der Waals surface area contributed by atoms with Gasteiger partial charge in [-0.15, -0.1) is 0 Å². The molecule has 0 amide bonds. The summed E-state index contributed by atoms with van der Waals surface area (Å²) in [6.07, 6.45) is 0. The fourth-order valence-corrected chi connectivity index (χ4v) is 1.10. The van der Waals surface area contributed by atoms with E-state index in [-0.39, 0.29) is 0 Å². The van der Waals surface area contributed by atoms with Crippen LogP contribution in [-0.2, 0) is 17.9 Å². The smallest absolute Gasteiger partial charge is 0.153 e. The van der Waals surface area contributed by atoms with Gasteiger partial charge in [-0.05, 0) is 6.92 Å². The van der Waals surface area contributed by atoms with Gasteiger partial charge in [0.2, 0.25) is 0 Å². The van der Waals surface area contributed by atoms with Crippen molar-refractivity contribution in [1.29, 1.82) is 0 Å². The molecule has 1 aliphatic heterocycles. The van der Waals surface area contributed by atoms with Crippen molar-refractivity contribution < 1.29 is 4.74 Å². The van der Waals surface area contributed by atoms with Gasteiger partial charge in [0.25, 0.3) is 0 Å². The quantitative estimate of drug-likeness (QED) is 0.584. The fraction of sp³-hybridized carbons (Fsp3) is 0.750. The third-order valence-electron chi connectivity index (χ3n) is 1.53. The molecule has 0 saturated heterocycles. The molecule has 0 radical (unpaired) electrons. The van der Waals surface area contributed by atoms with Gasteiger partial charge in [-0.25, -0.2) is 9.67 Å². The first-order chi connectivity index (χ1) is 5.86. The first-order valence-corrected chi connectivity index (χ1v) is 4.34. The molecule has 0 spiro atoms. The maximum atomic E-state index is 5.19. The molecule has 1 aromatic heterocycles. The fourth-order valence-electron chi connectivity index (χ4n) is 1.10.